The maximum atomic E-state index is 12.6. The number of alkyl halides is 3. The van der Waals surface area contributed by atoms with Gasteiger partial charge < -0.3 is 14.8 Å². The summed E-state index contributed by atoms with van der Waals surface area (Å²) in [7, 11) is 0. The predicted octanol–water partition coefficient (Wildman–Crippen LogP) is 3.41. The molecule has 3 rings (SSSR count). The Hall–Kier alpha value is -3.07. The van der Waals surface area contributed by atoms with Crippen molar-refractivity contribution in [1.29, 1.82) is 0 Å². The molecule has 1 N–H and O–H groups in total. The Labute approximate surface area is 165 Å². The van der Waals surface area contributed by atoms with Crippen LogP contribution in [-0.4, -0.2) is 30.8 Å². The number of amides is 2. The molecule has 154 valence electrons. The highest BCUT2D eigenvalue weighted by Crippen LogP contribution is 2.26. The first-order chi connectivity index (χ1) is 13.8. The standard InChI is InChI=1S/C20H19F3N2O4/c1-2-28-15-9-5-14(6-10-15)25-18(26)11-17(19(25)27)24-12-13-3-7-16(8-4-13)29-20(21,22)23/h3-10,17,24H,2,11-12H2,1H3/t17-/m1/s1. The molecule has 0 bridgehead atoms. The van der Waals surface area contributed by atoms with Gasteiger partial charge in [-0.05, 0) is 48.9 Å². The average molecular weight is 408 g/mol. The van der Waals surface area contributed by atoms with Gasteiger partial charge in [0, 0.05) is 6.54 Å². The van der Waals surface area contributed by atoms with Gasteiger partial charge in [-0.1, -0.05) is 12.1 Å². The minimum atomic E-state index is -4.75. The first-order valence-corrected chi connectivity index (χ1v) is 8.94. The Morgan fingerprint density at radius 1 is 1.03 bits per heavy atom. The lowest BCUT2D eigenvalue weighted by Gasteiger charge is -2.16. The highest BCUT2D eigenvalue weighted by atomic mass is 19.4. The van der Waals surface area contributed by atoms with Crippen molar-refractivity contribution in [3.05, 3.63) is 54.1 Å². The van der Waals surface area contributed by atoms with Crippen LogP contribution in [0.15, 0.2) is 48.5 Å². The van der Waals surface area contributed by atoms with E-state index >= 15 is 0 Å². The van der Waals surface area contributed by atoms with Crippen molar-refractivity contribution in [1.82, 2.24) is 5.32 Å². The van der Waals surface area contributed by atoms with Gasteiger partial charge in [-0.15, -0.1) is 13.2 Å². The number of imide groups is 1. The van der Waals surface area contributed by atoms with E-state index in [0.717, 1.165) is 4.90 Å². The molecule has 1 saturated heterocycles. The number of ether oxygens (including phenoxy) is 2. The van der Waals surface area contributed by atoms with Gasteiger partial charge in [0.2, 0.25) is 5.91 Å². The van der Waals surface area contributed by atoms with E-state index in [1.54, 1.807) is 24.3 Å². The van der Waals surface area contributed by atoms with Crippen LogP contribution in [0, 0.1) is 0 Å². The summed E-state index contributed by atoms with van der Waals surface area (Å²) in [5.74, 6) is -0.389. The van der Waals surface area contributed by atoms with Crippen LogP contribution in [0.5, 0.6) is 11.5 Å². The molecule has 1 heterocycles. The smallest absolute Gasteiger partial charge is 0.494 e. The number of halogens is 3. The second kappa shape index (κ2) is 8.52. The van der Waals surface area contributed by atoms with E-state index < -0.39 is 12.4 Å². The monoisotopic (exact) mass is 408 g/mol. The fourth-order valence-corrected chi connectivity index (χ4v) is 2.97. The molecule has 0 saturated carbocycles. The molecule has 9 heteroatoms. The average Bonchev–Trinajstić information content (AvgIpc) is 2.94. The van der Waals surface area contributed by atoms with Gasteiger partial charge in [0.05, 0.1) is 24.8 Å². The highest BCUT2D eigenvalue weighted by Gasteiger charge is 2.39. The third-order valence-electron chi connectivity index (χ3n) is 4.26. The summed E-state index contributed by atoms with van der Waals surface area (Å²) in [6, 6.07) is 11.2. The van der Waals surface area contributed by atoms with E-state index in [4.69, 9.17) is 4.74 Å². The van der Waals surface area contributed by atoms with Crippen molar-refractivity contribution in [2.75, 3.05) is 11.5 Å². The largest absolute Gasteiger partial charge is 0.573 e. The molecule has 6 nitrogen and oxygen atoms in total. The second-order valence-electron chi connectivity index (χ2n) is 6.32. The number of benzene rings is 2. The number of rotatable bonds is 7. The van der Waals surface area contributed by atoms with Gasteiger partial charge in [0.1, 0.15) is 11.5 Å². The molecular formula is C20H19F3N2O4. The van der Waals surface area contributed by atoms with Crippen molar-refractivity contribution in [2.45, 2.75) is 32.3 Å². The van der Waals surface area contributed by atoms with Crippen molar-refractivity contribution in [3.63, 3.8) is 0 Å². The van der Waals surface area contributed by atoms with E-state index in [-0.39, 0.29) is 30.5 Å². The molecule has 2 aromatic rings. The van der Waals surface area contributed by atoms with Gasteiger partial charge in [-0.2, -0.15) is 0 Å². The Bertz CT molecular complexity index is 867. The normalized spacial score (nSPS) is 17.0. The third-order valence-corrected chi connectivity index (χ3v) is 4.26. The van der Waals surface area contributed by atoms with Crippen LogP contribution in [-0.2, 0) is 16.1 Å². The van der Waals surface area contributed by atoms with Crippen molar-refractivity contribution >= 4 is 17.5 Å². The molecule has 0 aliphatic carbocycles. The van der Waals surface area contributed by atoms with Gasteiger partial charge in [0.15, 0.2) is 0 Å². The van der Waals surface area contributed by atoms with Gasteiger partial charge in [-0.3, -0.25) is 9.59 Å². The lowest BCUT2D eigenvalue weighted by Crippen LogP contribution is -2.38. The minimum absolute atomic E-state index is 0.00130. The molecular weight excluding hydrogens is 389 g/mol. The number of hydrogen-bond donors (Lipinski definition) is 1. The van der Waals surface area contributed by atoms with E-state index in [1.807, 2.05) is 6.92 Å². The van der Waals surface area contributed by atoms with E-state index in [1.165, 1.54) is 24.3 Å². The van der Waals surface area contributed by atoms with Crippen LogP contribution in [0.4, 0.5) is 18.9 Å². The van der Waals surface area contributed by atoms with Crippen LogP contribution in [0.1, 0.15) is 18.9 Å². The fraction of sp³-hybridized carbons (Fsp3) is 0.300. The van der Waals surface area contributed by atoms with Gasteiger partial charge in [0.25, 0.3) is 5.91 Å². The lowest BCUT2D eigenvalue weighted by molar-refractivity contribution is -0.274. The molecule has 1 fully saturated rings. The summed E-state index contributed by atoms with van der Waals surface area (Å²) < 4.78 is 45.8. The van der Waals surface area contributed by atoms with Crippen LogP contribution in [0.2, 0.25) is 0 Å². The maximum Gasteiger partial charge on any atom is 0.573 e. The number of nitrogens with one attached hydrogen (secondary N) is 1. The Kier molecular flexibility index (Phi) is 6.07. The molecule has 1 aliphatic heterocycles. The summed E-state index contributed by atoms with van der Waals surface area (Å²) in [4.78, 5) is 26.0. The molecule has 1 aliphatic rings. The van der Waals surface area contributed by atoms with Crippen molar-refractivity contribution in [3.8, 4) is 11.5 Å². The maximum absolute atomic E-state index is 12.6. The predicted molar refractivity (Wildman–Crippen MR) is 98.5 cm³/mol. The molecule has 0 spiro atoms. The van der Waals surface area contributed by atoms with E-state index in [9.17, 15) is 22.8 Å². The zero-order valence-corrected chi connectivity index (χ0v) is 15.5. The molecule has 2 amide bonds. The van der Waals surface area contributed by atoms with E-state index in [2.05, 4.69) is 10.1 Å². The molecule has 1 atom stereocenters. The number of nitrogens with zero attached hydrogens (tertiary/aromatic N) is 1. The Balaban J connectivity index is 1.60. The Morgan fingerprint density at radius 2 is 1.66 bits per heavy atom. The SMILES string of the molecule is CCOc1ccc(N2C(=O)C[C@@H](NCc3ccc(OC(F)(F)F)cc3)C2=O)cc1. The minimum Gasteiger partial charge on any atom is -0.494 e. The first-order valence-electron chi connectivity index (χ1n) is 8.94. The summed E-state index contributed by atoms with van der Waals surface area (Å²) in [6.07, 6.45) is -4.75. The highest BCUT2D eigenvalue weighted by molar-refractivity contribution is 6.22. The quantitative estimate of drug-likeness (QED) is 0.712. The summed E-state index contributed by atoms with van der Waals surface area (Å²) in [5.41, 5.74) is 1.11. The van der Waals surface area contributed by atoms with Crippen molar-refractivity contribution < 1.29 is 32.2 Å². The molecule has 0 aromatic heterocycles. The lowest BCUT2D eigenvalue weighted by atomic mass is 10.2. The van der Waals surface area contributed by atoms with Crippen LogP contribution in [0.25, 0.3) is 0 Å². The molecule has 29 heavy (non-hydrogen) atoms. The molecule has 2 aromatic carbocycles. The van der Waals surface area contributed by atoms with Crippen LogP contribution in [0.3, 0.4) is 0 Å². The van der Waals surface area contributed by atoms with Gasteiger partial charge in [-0.25, -0.2) is 4.90 Å². The number of carbonyl (C=O) groups excluding carboxylic acids is 2. The summed E-state index contributed by atoms with van der Waals surface area (Å²) in [6.45, 7) is 2.58. The number of carbonyl (C=O) groups is 2. The van der Waals surface area contributed by atoms with Gasteiger partial charge >= 0.3 is 6.36 Å². The third kappa shape index (κ3) is 5.26. The first kappa shape index (κ1) is 20.7. The zero-order chi connectivity index (χ0) is 21.0. The Morgan fingerprint density at radius 3 is 2.24 bits per heavy atom. The van der Waals surface area contributed by atoms with Crippen LogP contribution >= 0.6 is 0 Å². The van der Waals surface area contributed by atoms with Crippen molar-refractivity contribution in [2.24, 2.45) is 0 Å². The topological polar surface area (TPSA) is 67.9 Å². The molecule has 0 unspecified atom stereocenters. The zero-order valence-electron chi connectivity index (χ0n) is 15.5. The van der Waals surface area contributed by atoms with E-state index in [0.29, 0.717) is 23.6 Å². The summed E-state index contributed by atoms with van der Waals surface area (Å²) >= 11 is 0. The van der Waals surface area contributed by atoms with Crippen LogP contribution < -0.4 is 19.7 Å². The fourth-order valence-electron chi connectivity index (χ4n) is 2.97. The summed E-state index contributed by atoms with van der Waals surface area (Å²) in [5, 5.41) is 2.98. The number of anilines is 1. The number of hydrogen-bond acceptors (Lipinski definition) is 5. The molecule has 0 radical (unpaired) electrons. The second-order valence-corrected chi connectivity index (χ2v) is 6.32.